The Labute approximate surface area is 131 Å². The van der Waals surface area contributed by atoms with E-state index in [1.165, 1.54) is 11.3 Å². The van der Waals surface area contributed by atoms with Gasteiger partial charge in [0.05, 0.1) is 6.07 Å². The molecule has 1 aromatic heterocycles. The third-order valence-electron chi connectivity index (χ3n) is 4.54. The van der Waals surface area contributed by atoms with Crippen LogP contribution in [0.1, 0.15) is 56.7 Å². The van der Waals surface area contributed by atoms with Gasteiger partial charge in [-0.2, -0.15) is 5.26 Å². The first-order valence-electron chi connectivity index (χ1n) is 7.92. The molecular formula is C17H24N2OS. The average Bonchev–Trinajstić information content (AvgIpc) is 3.01. The first-order chi connectivity index (χ1) is 10.2. The number of rotatable bonds is 6. The summed E-state index contributed by atoms with van der Waals surface area (Å²) in [4.78, 5) is 13.4. The van der Waals surface area contributed by atoms with E-state index in [1.807, 2.05) is 6.07 Å². The molecule has 0 atom stereocenters. The minimum absolute atomic E-state index is 0.0306. The first kappa shape index (κ1) is 16.0. The Balaban J connectivity index is 1.76. The van der Waals surface area contributed by atoms with Crippen LogP contribution in [0.3, 0.4) is 0 Å². The first-order valence-corrected chi connectivity index (χ1v) is 8.80. The van der Waals surface area contributed by atoms with E-state index in [2.05, 4.69) is 29.8 Å². The molecule has 21 heavy (non-hydrogen) atoms. The normalized spacial score (nSPS) is 25.2. The highest BCUT2D eigenvalue weighted by molar-refractivity contribution is 7.09. The molecule has 1 fully saturated rings. The molecule has 114 valence electrons. The fraction of sp³-hybridized carbons (Fsp3) is 0.647. The highest BCUT2D eigenvalue weighted by Gasteiger charge is 2.36. The predicted molar refractivity (Wildman–Crippen MR) is 86.0 cm³/mol. The number of nitriles is 1. The third-order valence-corrected chi connectivity index (χ3v) is 5.47. The van der Waals surface area contributed by atoms with Crippen molar-refractivity contribution in [1.29, 1.82) is 5.26 Å². The minimum Gasteiger partial charge on any atom is -0.338 e. The lowest BCUT2D eigenvalue weighted by molar-refractivity contribution is -0.122. The van der Waals surface area contributed by atoms with Gasteiger partial charge in [0.1, 0.15) is 5.54 Å². The van der Waals surface area contributed by atoms with Crippen molar-refractivity contribution in [2.45, 2.75) is 63.8 Å². The van der Waals surface area contributed by atoms with E-state index in [0.717, 1.165) is 44.4 Å². The summed E-state index contributed by atoms with van der Waals surface area (Å²) in [5.41, 5.74) is -0.605. The summed E-state index contributed by atoms with van der Waals surface area (Å²) < 4.78 is 0. The van der Waals surface area contributed by atoms with E-state index < -0.39 is 5.54 Å². The van der Waals surface area contributed by atoms with Gasteiger partial charge in [0, 0.05) is 11.3 Å². The molecule has 0 saturated heterocycles. The van der Waals surface area contributed by atoms with Crippen LogP contribution in [-0.4, -0.2) is 11.4 Å². The molecule has 0 spiro atoms. The lowest BCUT2D eigenvalue weighted by Crippen LogP contribution is -2.49. The van der Waals surface area contributed by atoms with Crippen molar-refractivity contribution in [3.05, 3.63) is 22.4 Å². The van der Waals surface area contributed by atoms with Crippen LogP contribution in [0.15, 0.2) is 17.5 Å². The fourth-order valence-electron chi connectivity index (χ4n) is 3.05. The molecule has 0 unspecified atom stereocenters. The Morgan fingerprint density at radius 1 is 1.52 bits per heavy atom. The summed E-state index contributed by atoms with van der Waals surface area (Å²) in [6, 6.07) is 6.51. The summed E-state index contributed by atoms with van der Waals surface area (Å²) in [5, 5.41) is 14.5. The maximum absolute atomic E-state index is 12.1. The second kappa shape index (κ2) is 7.61. The number of hydrogen-bond donors (Lipinski definition) is 1. The van der Waals surface area contributed by atoms with Gasteiger partial charge in [-0.25, -0.2) is 0 Å². The molecule has 1 aromatic rings. The zero-order valence-corrected chi connectivity index (χ0v) is 13.5. The van der Waals surface area contributed by atoms with Gasteiger partial charge in [0.25, 0.3) is 0 Å². The van der Waals surface area contributed by atoms with Crippen LogP contribution in [0.25, 0.3) is 0 Å². The predicted octanol–water partition coefficient (Wildman–Crippen LogP) is 4.05. The number of nitrogens with zero attached hydrogens (tertiary/aromatic N) is 1. The highest BCUT2D eigenvalue weighted by Crippen LogP contribution is 2.33. The SMILES string of the molecule is CCC1CCC(C#N)(NC(=O)CCCc2cccs2)CC1. The average molecular weight is 304 g/mol. The van der Waals surface area contributed by atoms with Gasteiger partial charge in [-0.1, -0.05) is 19.4 Å². The topological polar surface area (TPSA) is 52.9 Å². The van der Waals surface area contributed by atoms with Crippen LogP contribution in [-0.2, 0) is 11.2 Å². The lowest BCUT2D eigenvalue weighted by Gasteiger charge is -2.35. The number of carbonyl (C=O) groups is 1. The second-order valence-electron chi connectivity index (χ2n) is 6.03. The molecular weight excluding hydrogens is 280 g/mol. The number of amides is 1. The summed E-state index contributed by atoms with van der Waals surface area (Å²) in [5.74, 6) is 0.755. The van der Waals surface area contributed by atoms with Crippen LogP contribution in [0.4, 0.5) is 0 Å². The van der Waals surface area contributed by atoms with E-state index >= 15 is 0 Å². The van der Waals surface area contributed by atoms with Crippen molar-refractivity contribution >= 4 is 17.2 Å². The van der Waals surface area contributed by atoms with Crippen molar-refractivity contribution < 1.29 is 4.79 Å². The van der Waals surface area contributed by atoms with Crippen molar-refractivity contribution in [3.63, 3.8) is 0 Å². The van der Waals surface area contributed by atoms with E-state index in [9.17, 15) is 10.1 Å². The van der Waals surface area contributed by atoms with Crippen molar-refractivity contribution in [2.75, 3.05) is 0 Å². The van der Waals surface area contributed by atoms with E-state index in [4.69, 9.17) is 0 Å². The molecule has 0 aliphatic heterocycles. The van der Waals surface area contributed by atoms with Gasteiger partial charge in [0.15, 0.2) is 0 Å². The molecule has 4 heteroatoms. The van der Waals surface area contributed by atoms with Gasteiger partial charge >= 0.3 is 0 Å². The van der Waals surface area contributed by atoms with E-state index in [0.29, 0.717) is 6.42 Å². The Morgan fingerprint density at radius 2 is 2.29 bits per heavy atom. The monoisotopic (exact) mass is 304 g/mol. The highest BCUT2D eigenvalue weighted by atomic mass is 32.1. The molecule has 1 aliphatic carbocycles. The van der Waals surface area contributed by atoms with Crippen molar-refractivity contribution in [3.8, 4) is 6.07 Å². The Hall–Kier alpha value is -1.34. The summed E-state index contributed by atoms with van der Waals surface area (Å²) in [6.45, 7) is 2.20. The van der Waals surface area contributed by atoms with Crippen LogP contribution in [0.5, 0.6) is 0 Å². The lowest BCUT2D eigenvalue weighted by atomic mass is 9.76. The smallest absolute Gasteiger partial charge is 0.221 e. The van der Waals surface area contributed by atoms with Crippen LogP contribution in [0.2, 0.25) is 0 Å². The minimum atomic E-state index is -0.605. The molecule has 1 saturated carbocycles. The fourth-order valence-corrected chi connectivity index (χ4v) is 3.80. The molecule has 0 aromatic carbocycles. The summed E-state index contributed by atoms with van der Waals surface area (Å²) >= 11 is 1.73. The van der Waals surface area contributed by atoms with Crippen LogP contribution in [0, 0.1) is 17.2 Å². The zero-order chi connectivity index (χ0) is 15.1. The number of carbonyl (C=O) groups excluding carboxylic acids is 1. The van der Waals surface area contributed by atoms with E-state index in [1.54, 1.807) is 11.3 Å². The Morgan fingerprint density at radius 3 is 2.86 bits per heavy atom. The molecule has 1 heterocycles. The maximum Gasteiger partial charge on any atom is 0.221 e. The molecule has 0 radical (unpaired) electrons. The standard InChI is InChI=1S/C17H24N2OS/c1-2-14-8-10-17(13-18,11-9-14)19-16(20)7-3-5-15-6-4-12-21-15/h4,6,12,14H,2-3,5,7-11H2,1H3,(H,19,20). The molecule has 3 nitrogen and oxygen atoms in total. The summed E-state index contributed by atoms with van der Waals surface area (Å²) in [7, 11) is 0. The Kier molecular flexibility index (Phi) is 5.81. The van der Waals surface area contributed by atoms with Crippen molar-refractivity contribution in [2.24, 2.45) is 5.92 Å². The van der Waals surface area contributed by atoms with E-state index in [-0.39, 0.29) is 5.91 Å². The van der Waals surface area contributed by atoms with Gasteiger partial charge in [0.2, 0.25) is 5.91 Å². The number of thiophene rings is 1. The van der Waals surface area contributed by atoms with Crippen molar-refractivity contribution in [1.82, 2.24) is 5.32 Å². The molecule has 1 N–H and O–H groups in total. The molecule has 1 amide bonds. The van der Waals surface area contributed by atoms with Crippen LogP contribution < -0.4 is 5.32 Å². The number of aryl methyl sites for hydroxylation is 1. The summed E-state index contributed by atoms with van der Waals surface area (Å²) in [6.07, 6.45) is 7.21. The third kappa shape index (κ3) is 4.57. The van der Waals surface area contributed by atoms with Gasteiger partial charge in [-0.15, -0.1) is 11.3 Å². The number of hydrogen-bond acceptors (Lipinski definition) is 3. The largest absolute Gasteiger partial charge is 0.338 e. The van der Waals surface area contributed by atoms with Gasteiger partial charge < -0.3 is 5.32 Å². The second-order valence-corrected chi connectivity index (χ2v) is 7.06. The Bertz CT molecular complexity index is 481. The zero-order valence-electron chi connectivity index (χ0n) is 12.7. The molecule has 0 bridgehead atoms. The molecule has 1 aliphatic rings. The molecule has 2 rings (SSSR count). The quantitative estimate of drug-likeness (QED) is 0.862. The van der Waals surface area contributed by atoms with Gasteiger partial charge in [-0.3, -0.25) is 4.79 Å². The number of nitrogens with one attached hydrogen (secondary N) is 1. The van der Waals surface area contributed by atoms with Crippen LogP contribution >= 0.6 is 11.3 Å². The maximum atomic E-state index is 12.1. The van der Waals surface area contributed by atoms with Gasteiger partial charge in [-0.05, 0) is 55.9 Å².